The summed E-state index contributed by atoms with van der Waals surface area (Å²) in [4.78, 5) is 12.9. The third kappa shape index (κ3) is 5.18. The molecule has 0 aromatic heterocycles. The maximum absolute atomic E-state index is 13.0. The van der Waals surface area contributed by atoms with Gasteiger partial charge in [0.15, 0.2) is 0 Å². The number of benzene rings is 2. The summed E-state index contributed by atoms with van der Waals surface area (Å²) in [5, 5.41) is 2.72. The van der Waals surface area contributed by atoms with Crippen LogP contribution < -0.4 is 5.32 Å². The van der Waals surface area contributed by atoms with Gasteiger partial charge < -0.3 is 10.1 Å². The van der Waals surface area contributed by atoms with E-state index in [0.29, 0.717) is 18.8 Å². The Morgan fingerprint density at radius 2 is 1.26 bits per heavy atom. The van der Waals surface area contributed by atoms with Gasteiger partial charge in [0, 0.05) is 37.4 Å². The van der Waals surface area contributed by atoms with Crippen LogP contribution in [0.25, 0.3) is 0 Å². The van der Waals surface area contributed by atoms with Crippen molar-refractivity contribution >= 4 is 31.6 Å². The number of hydrogen-bond acceptors (Lipinski definition) is 6. The predicted octanol–water partition coefficient (Wildman–Crippen LogP) is 2.52. The normalized spacial score (nSPS) is 22.5. The summed E-state index contributed by atoms with van der Waals surface area (Å²) in [6, 6.07) is 11.8. The quantitative estimate of drug-likeness (QED) is 0.643. The smallest absolute Gasteiger partial charge is 0.255 e. The second-order valence-corrected chi connectivity index (χ2v) is 12.6. The summed E-state index contributed by atoms with van der Waals surface area (Å²) in [7, 11) is -7.21. The third-order valence-electron chi connectivity index (χ3n) is 5.96. The van der Waals surface area contributed by atoms with E-state index >= 15 is 0 Å². The molecular formula is C23H29N3O6S2. The van der Waals surface area contributed by atoms with Crippen LogP contribution in [-0.4, -0.2) is 69.7 Å². The minimum absolute atomic E-state index is 0.113. The highest BCUT2D eigenvalue weighted by molar-refractivity contribution is 7.89. The zero-order valence-corrected chi connectivity index (χ0v) is 20.8. The lowest BCUT2D eigenvalue weighted by Crippen LogP contribution is -2.48. The molecule has 2 aromatic carbocycles. The Labute approximate surface area is 200 Å². The number of rotatable bonds is 6. The number of carbonyl (C=O) groups excluding carboxylic acids is 1. The fourth-order valence-electron chi connectivity index (χ4n) is 4.25. The van der Waals surface area contributed by atoms with Crippen molar-refractivity contribution < 1.29 is 26.4 Å². The van der Waals surface area contributed by atoms with Crippen LogP contribution >= 0.6 is 0 Å². The summed E-state index contributed by atoms with van der Waals surface area (Å²) >= 11 is 0. The van der Waals surface area contributed by atoms with Gasteiger partial charge in [-0.15, -0.1) is 0 Å². The number of anilines is 1. The van der Waals surface area contributed by atoms with Gasteiger partial charge in [-0.25, -0.2) is 16.8 Å². The zero-order chi connectivity index (χ0) is 24.5. The molecule has 2 aliphatic rings. The first-order chi connectivity index (χ1) is 16.1. The van der Waals surface area contributed by atoms with Gasteiger partial charge in [-0.1, -0.05) is 0 Å². The average Bonchev–Trinajstić information content (AvgIpc) is 3.35. The topological polar surface area (TPSA) is 113 Å². The molecule has 0 saturated carbocycles. The molecule has 2 fully saturated rings. The van der Waals surface area contributed by atoms with Crippen LogP contribution in [0.15, 0.2) is 58.3 Å². The number of hydrogen-bond donors (Lipinski definition) is 1. The molecule has 0 bridgehead atoms. The van der Waals surface area contributed by atoms with E-state index in [4.69, 9.17) is 4.74 Å². The SMILES string of the molecule is C[C@H]1CN(S(=O)(=O)c2ccc(C(=O)Nc3ccc(S(=O)(=O)N4CCCC4)cc3)cc2)C[C@H](C)O1. The van der Waals surface area contributed by atoms with Gasteiger partial charge in [-0.3, -0.25) is 4.79 Å². The largest absolute Gasteiger partial charge is 0.373 e. The lowest BCUT2D eigenvalue weighted by atomic mass is 10.2. The summed E-state index contributed by atoms with van der Waals surface area (Å²) in [5.41, 5.74) is 0.731. The maximum Gasteiger partial charge on any atom is 0.255 e. The number of nitrogens with zero attached hydrogens (tertiary/aromatic N) is 2. The molecule has 34 heavy (non-hydrogen) atoms. The number of carbonyl (C=O) groups is 1. The number of sulfonamides is 2. The van der Waals surface area contributed by atoms with Crippen molar-refractivity contribution in [2.24, 2.45) is 0 Å². The fourth-order valence-corrected chi connectivity index (χ4v) is 7.35. The molecule has 4 rings (SSSR count). The molecule has 1 amide bonds. The highest BCUT2D eigenvalue weighted by Crippen LogP contribution is 2.24. The lowest BCUT2D eigenvalue weighted by molar-refractivity contribution is -0.0440. The molecule has 0 aliphatic carbocycles. The van der Waals surface area contributed by atoms with Crippen molar-refractivity contribution in [3.63, 3.8) is 0 Å². The number of amides is 1. The molecule has 2 aromatic rings. The van der Waals surface area contributed by atoms with E-state index in [0.717, 1.165) is 12.8 Å². The Balaban J connectivity index is 1.43. The molecular weight excluding hydrogens is 478 g/mol. The van der Waals surface area contributed by atoms with Gasteiger partial charge >= 0.3 is 0 Å². The Bertz CT molecular complexity index is 1230. The van der Waals surface area contributed by atoms with Gasteiger partial charge in [0.1, 0.15) is 0 Å². The van der Waals surface area contributed by atoms with E-state index in [2.05, 4.69) is 5.32 Å². The Kier molecular flexibility index (Phi) is 7.11. The van der Waals surface area contributed by atoms with Crippen molar-refractivity contribution in [1.82, 2.24) is 8.61 Å². The fraction of sp³-hybridized carbons (Fsp3) is 0.435. The standard InChI is InChI=1S/C23H29N3O6S2/c1-17-15-26(16-18(2)32-17)34(30,31)21-9-5-19(6-10-21)23(27)24-20-7-11-22(12-8-20)33(28,29)25-13-3-4-14-25/h5-12,17-18H,3-4,13-16H2,1-2H3,(H,24,27)/t17-,18-/m0/s1. The van der Waals surface area contributed by atoms with Crippen molar-refractivity contribution in [2.75, 3.05) is 31.5 Å². The molecule has 11 heteroatoms. The third-order valence-corrected chi connectivity index (χ3v) is 9.71. The molecule has 184 valence electrons. The number of morpholine rings is 1. The Hall–Kier alpha value is -2.31. The minimum atomic E-state index is -3.69. The molecule has 2 aliphatic heterocycles. The van der Waals surface area contributed by atoms with Gasteiger partial charge in [0.25, 0.3) is 5.91 Å². The van der Waals surface area contributed by atoms with Crippen molar-refractivity contribution in [3.05, 3.63) is 54.1 Å². The molecule has 2 saturated heterocycles. The second-order valence-electron chi connectivity index (χ2n) is 8.69. The van der Waals surface area contributed by atoms with Gasteiger partial charge in [0.05, 0.1) is 22.0 Å². The number of ether oxygens (including phenoxy) is 1. The molecule has 2 atom stereocenters. The molecule has 0 radical (unpaired) electrons. The first kappa shape index (κ1) is 24.8. The van der Waals surface area contributed by atoms with E-state index in [9.17, 15) is 21.6 Å². The van der Waals surface area contributed by atoms with Crippen LogP contribution in [0.3, 0.4) is 0 Å². The highest BCUT2D eigenvalue weighted by atomic mass is 32.2. The van der Waals surface area contributed by atoms with Crippen LogP contribution in [0.5, 0.6) is 0 Å². The first-order valence-corrected chi connectivity index (χ1v) is 14.1. The van der Waals surface area contributed by atoms with Gasteiger partial charge in [-0.05, 0) is 75.2 Å². The summed E-state index contributed by atoms with van der Waals surface area (Å²) in [6.45, 7) is 5.27. The minimum Gasteiger partial charge on any atom is -0.373 e. The molecule has 1 N–H and O–H groups in total. The summed E-state index contributed by atoms with van der Waals surface area (Å²) in [5.74, 6) is -0.423. The van der Waals surface area contributed by atoms with E-state index in [-0.39, 0.29) is 40.7 Å². The Morgan fingerprint density at radius 3 is 1.79 bits per heavy atom. The van der Waals surface area contributed by atoms with E-state index in [1.807, 2.05) is 13.8 Å². The van der Waals surface area contributed by atoms with Gasteiger partial charge in [0.2, 0.25) is 20.0 Å². The van der Waals surface area contributed by atoms with E-state index in [1.165, 1.54) is 45.0 Å². The van der Waals surface area contributed by atoms with Crippen LogP contribution in [0.2, 0.25) is 0 Å². The second kappa shape index (κ2) is 9.74. The summed E-state index contributed by atoms with van der Waals surface area (Å²) in [6.07, 6.45) is 1.33. The molecule has 0 spiro atoms. The first-order valence-electron chi connectivity index (χ1n) is 11.2. The summed E-state index contributed by atoms with van der Waals surface area (Å²) < 4.78 is 59.7. The van der Waals surface area contributed by atoms with Crippen molar-refractivity contribution in [3.8, 4) is 0 Å². The lowest BCUT2D eigenvalue weighted by Gasteiger charge is -2.34. The number of nitrogens with one attached hydrogen (secondary N) is 1. The highest BCUT2D eigenvalue weighted by Gasteiger charge is 2.32. The monoisotopic (exact) mass is 507 g/mol. The predicted molar refractivity (Wildman–Crippen MR) is 128 cm³/mol. The van der Waals surface area contributed by atoms with Crippen LogP contribution in [-0.2, 0) is 24.8 Å². The van der Waals surface area contributed by atoms with Crippen LogP contribution in [0, 0.1) is 0 Å². The molecule has 0 unspecified atom stereocenters. The maximum atomic E-state index is 13.0. The zero-order valence-electron chi connectivity index (χ0n) is 19.2. The van der Waals surface area contributed by atoms with Crippen LogP contribution in [0.1, 0.15) is 37.0 Å². The Morgan fingerprint density at radius 1 is 0.794 bits per heavy atom. The average molecular weight is 508 g/mol. The molecule has 9 nitrogen and oxygen atoms in total. The van der Waals surface area contributed by atoms with Gasteiger partial charge in [-0.2, -0.15) is 8.61 Å². The van der Waals surface area contributed by atoms with Crippen molar-refractivity contribution in [1.29, 1.82) is 0 Å². The van der Waals surface area contributed by atoms with Crippen LogP contribution in [0.4, 0.5) is 5.69 Å². The van der Waals surface area contributed by atoms with E-state index < -0.39 is 26.0 Å². The van der Waals surface area contributed by atoms with E-state index in [1.54, 1.807) is 12.1 Å². The molecule has 2 heterocycles. The van der Waals surface area contributed by atoms with Crippen molar-refractivity contribution in [2.45, 2.75) is 48.7 Å².